The summed E-state index contributed by atoms with van der Waals surface area (Å²) in [4.78, 5) is 11.5. The van der Waals surface area contributed by atoms with Crippen molar-refractivity contribution < 1.29 is 4.79 Å². The molecular weight excluding hydrogens is 174 g/mol. The van der Waals surface area contributed by atoms with Crippen molar-refractivity contribution in [2.45, 2.75) is 57.8 Å². The summed E-state index contributed by atoms with van der Waals surface area (Å²) in [7, 11) is 0. The number of hydrogen-bond acceptors (Lipinski definition) is 2. The number of unbranched alkanes of at least 4 members (excludes halogenated alkanes) is 2. The van der Waals surface area contributed by atoms with Gasteiger partial charge in [-0.3, -0.25) is 4.79 Å². The van der Waals surface area contributed by atoms with Crippen molar-refractivity contribution in [3.63, 3.8) is 0 Å². The molecule has 82 valence electrons. The van der Waals surface area contributed by atoms with E-state index in [9.17, 15) is 4.79 Å². The second-order valence-electron chi connectivity index (χ2n) is 4.49. The van der Waals surface area contributed by atoms with Crippen LogP contribution in [0.25, 0.3) is 0 Å². The molecule has 0 radical (unpaired) electrons. The first-order valence-electron chi connectivity index (χ1n) is 6.04. The fourth-order valence-electron chi connectivity index (χ4n) is 2.28. The normalized spacial score (nSPS) is 17.5. The highest BCUT2D eigenvalue weighted by molar-refractivity contribution is 5.78. The minimum Gasteiger partial charge on any atom is -0.330 e. The number of ketones is 1. The molecule has 2 heteroatoms. The smallest absolute Gasteiger partial charge is 0.133 e. The first-order valence-corrected chi connectivity index (χ1v) is 6.04. The molecule has 0 amide bonds. The lowest BCUT2D eigenvalue weighted by molar-refractivity contribution is -0.120. The van der Waals surface area contributed by atoms with Gasteiger partial charge in [0, 0.05) is 12.8 Å². The molecule has 1 fully saturated rings. The van der Waals surface area contributed by atoms with Gasteiger partial charge in [0.15, 0.2) is 0 Å². The molecule has 0 heterocycles. The van der Waals surface area contributed by atoms with Crippen molar-refractivity contribution in [1.82, 2.24) is 0 Å². The maximum Gasteiger partial charge on any atom is 0.133 e. The minimum absolute atomic E-state index is 0.480. The van der Waals surface area contributed by atoms with E-state index < -0.39 is 0 Å². The lowest BCUT2D eigenvalue weighted by Gasteiger charge is -2.06. The molecule has 2 N–H and O–H groups in total. The van der Waals surface area contributed by atoms with E-state index in [1.165, 1.54) is 25.7 Å². The molecular formula is C12H23NO. The third kappa shape index (κ3) is 4.75. The summed E-state index contributed by atoms with van der Waals surface area (Å²) >= 11 is 0. The van der Waals surface area contributed by atoms with E-state index in [2.05, 4.69) is 0 Å². The summed E-state index contributed by atoms with van der Waals surface area (Å²) in [6.07, 6.45) is 10.1. The van der Waals surface area contributed by atoms with Crippen molar-refractivity contribution in [2.75, 3.05) is 6.54 Å². The van der Waals surface area contributed by atoms with Crippen LogP contribution in [0, 0.1) is 5.92 Å². The van der Waals surface area contributed by atoms with Crippen molar-refractivity contribution in [1.29, 1.82) is 0 Å². The number of carbonyl (C=O) groups is 1. The van der Waals surface area contributed by atoms with Crippen LogP contribution >= 0.6 is 0 Å². The molecule has 1 rings (SSSR count). The largest absolute Gasteiger partial charge is 0.330 e. The molecule has 14 heavy (non-hydrogen) atoms. The SMILES string of the molecule is NCCCCCC(=O)CC1CCCC1. The average Bonchev–Trinajstić information content (AvgIpc) is 2.65. The molecule has 2 nitrogen and oxygen atoms in total. The zero-order valence-electron chi connectivity index (χ0n) is 9.13. The molecule has 0 aromatic heterocycles. The van der Waals surface area contributed by atoms with Gasteiger partial charge >= 0.3 is 0 Å². The van der Waals surface area contributed by atoms with Crippen LogP contribution in [0.1, 0.15) is 57.8 Å². The number of Topliss-reactive ketones (excluding diaryl/α,β-unsaturated/α-hetero) is 1. The van der Waals surface area contributed by atoms with Gasteiger partial charge in [0.05, 0.1) is 0 Å². The van der Waals surface area contributed by atoms with Crippen molar-refractivity contribution in [2.24, 2.45) is 11.7 Å². The summed E-state index contributed by atoms with van der Waals surface area (Å²) < 4.78 is 0. The van der Waals surface area contributed by atoms with Crippen LogP contribution in [0.2, 0.25) is 0 Å². The van der Waals surface area contributed by atoms with Crippen LogP contribution in [0.15, 0.2) is 0 Å². The van der Waals surface area contributed by atoms with Crippen LogP contribution in [0.3, 0.4) is 0 Å². The van der Waals surface area contributed by atoms with E-state index in [4.69, 9.17) is 5.73 Å². The second-order valence-corrected chi connectivity index (χ2v) is 4.49. The summed E-state index contributed by atoms with van der Waals surface area (Å²) in [5.41, 5.74) is 5.39. The summed E-state index contributed by atoms with van der Waals surface area (Å²) in [5, 5.41) is 0. The van der Waals surface area contributed by atoms with E-state index in [0.717, 1.165) is 44.6 Å². The molecule has 1 aliphatic rings. The molecule has 1 saturated carbocycles. The maximum atomic E-state index is 11.5. The zero-order chi connectivity index (χ0) is 10.2. The van der Waals surface area contributed by atoms with Crippen LogP contribution in [0.5, 0.6) is 0 Å². The predicted molar refractivity (Wildman–Crippen MR) is 59.1 cm³/mol. The Balaban J connectivity index is 1.98. The Labute approximate surface area is 87.2 Å². The standard InChI is InChI=1S/C12H23NO/c13-9-5-1-2-8-12(14)10-11-6-3-4-7-11/h11H,1-10,13H2. The Kier molecular flexibility index (Phi) is 5.85. The van der Waals surface area contributed by atoms with Crippen LogP contribution < -0.4 is 5.73 Å². The predicted octanol–water partition coefficient (Wildman–Crippen LogP) is 2.65. The fourth-order valence-corrected chi connectivity index (χ4v) is 2.28. The monoisotopic (exact) mass is 197 g/mol. The minimum atomic E-state index is 0.480. The average molecular weight is 197 g/mol. The Morgan fingerprint density at radius 2 is 1.86 bits per heavy atom. The molecule has 0 aliphatic heterocycles. The van der Waals surface area contributed by atoms with Crippen LogP contribution in [-0.2, 0) is 4.79 Å². The van der Waals surface area contributed by atoms with E-state index >= 15 is 0 Å². The van der Waals surface area contributed by atoms with Crippen molar-refractivity contribution >= 4 is 5.78 Å². The topological polar surface area (TPSA) is 43.1 Å². The van der Waals surface area contributed by atoms with Gasteiger partial charge in [0.25, 0.3) is 0 Å². The van der Waals surface area contributed by atoms with Gasteiger partial charge < -0.3 is 5.73 Å². The number of hydrogen-bond donors (Lipinski definition) is 1. The van der Waals surface area contributed by atoms with Gasteiger partial charge in [-0.1, -0.05) is 32.1 Å². The Hall–Kier alpha value is -0.370. The van der Waals surface area contributed by atoms with E-state index in [0.29, 0.717) is 5.78 Å². The van der Waals surface area contributed by atoms with Gasteiger partial charge in [-0.05, 0) is 25.3 Å². The van der Waals surface area contributed by atoms with E-state index in [1.807, 2.05) is 0 Å². The van der Waals surface area contributed by atoms with Gasteiger partial charge in [-0.25, -0.2) is 0 Å². The van der Waals surface area contributed by atoms with Crippen LogP contribution in [-0.4, -0.2) is 12.3 Å². The second kappa shape index (κ2) is 6.99. The highest BCUT2D eigenvalue weighted by Gasteiger charge is 2.17. The number of nitrogens with two attached hydrogens (primary N) is 1. The van der Waals surface area contributed by atoms with E-state index in [1.54, 1.807) is 0 Å². The lowest BCUT2D eigenvalue weighted by atomic mass is 9.98. The third-order valence-electron chi connectivity index (χ3n) is 3.15. The van der Waals surface area contributed by atoms with E-state index in [-0.39, 0.29) is 0 Å². The molecule has 0 atom stereocenters. The summed E-state index contributed by atoms with van der Waals surface area (Å²) in [6, 6.07) is 0. The van der Waals surface area contributed by atoms with Crippen LogP contribution in [0.4, 0.5) is 0 Å². The third-order valence-corrected chi connectivity index (χ3v) is 3.15. The first-order chi connectivity index (χ1) is 6.83. The Bertz CT molecular complexity index is 162. The van der Waals surface area contributed by atoms with Crippen molar-refractivity contribution in [3.05, 3.63) is 0 Å². The highest BCUT2D eigenvalue weighted by Crippen LogP contribution is 2.28. The quantitative estimate of drug-likeness (QED) is 0.638. The Morgan fingerprint density at radius 1 is 1.14 bits per heavy atom. The highest BCUT2D eigenvalue weighted by atomic mass is 16.1. The Morgan fingerprint density at radius 3 is 2.50 bits per heavy atom. The first kappa shape index (κ1) is 11.7. The zero-order valence-corrected chi connectivity index (χ0v) is 9.13. The number of rotatable bonds is 7. The molecule has 0 aromatic rings. The molecule has 0 spiro atoms. The van der Waals surface area contributed by atoms with Gasteiger partial charge in [-0.15, -0.1) is 0 Å². The molecule has 1 aliphatic carbocycles. The summed E-state index contributed by atoms with van der Waals surface area (Å²) in [5.74, 6) is 1.20. The summed E-state index contributed by atoms with van der Waals surface area (Å²) in [6.45, 7) is 0.761. The molecule has 0 saturated heterocycles. The molecule has 0 unspecified atom stereocenters. The maximum absolute atomic E-state index is 11.5. The lowest BCUT2D eigenvalue weighted by Crippen LogP contribution is -2.05. The van der Waals surface area contributed by atoms with Crippen molar-refractivity contribution in [3.8, 4) is 0 Å². The number of carbonyl (C=O) groups excluding carboxylic acids is 1. The molecule has 0 bridgehead atoms. The van der Waals surface area contributed by atoms with Gasteiger partial charge in [0.2, 0.25) is 0 Å². The van der Waals surface area contributed by atoms with Gasteiger partial charge in [-0.2, -0.15) is 0 Å². The molecule has 0 aromatic carbocycles. The van der Waals surface area contributed by atoms with Gasteiger partial charge in [0.1, 0.15) is 5.78 Å². The fraction of sp³-hybridized carbons (Fsp3) is 0.917.